The number of aromatic nitrogens is 4. The highest BCUT2D eigenvalue weighted by Gasteiger charge is 2.39. The predicted octanol–water partition coefficient (Wildman–Crippen LogP) is 13.5. The van der Waals surface area contributed by atoms with Crippen LogP contribution in [0.25, 0.3) is 44.7 Å². The van der Waals surface area contributed by atoms with E-state index in [1.165, 1.54) is 57.6 Å². The molecule has 0 unspecified atom stereocenters. The molecule has 4 aliphatic rings. The fourth-order valence-electron chi connectivity index (χ4n) is 10.1. The molecule has 4 atom stereocenters. The van der Waals surface area contributed by atoms with E-state index >= 15 is 0 Å². The van der Waals surface area contributed by atoms with Crippen molar-refractivity contribution in [2.24, 2.45) is 17.8 Å². The molecular formula is C55H72N4O6. The van der Waals surface area contributed by atoms with Gasteiger partial charge < -0.3 is 24.5 Å². The number of nitrogens with one attached hydrogen (secondary N) is 2. The molecular weight excluding hydrogens is 813 g/mol. The largest absolute Gasteiger partial charge is 0.506 e. The maximum Gasteiger partial charge on any atom is 0.342 e. The lowest BCUT2D eigenvalue weighted by Crippen LogP contribution is -2.12. The number of aryl methyl sites for hydroxylation is 1. The number of nitrogens with zero attached hydrogens (tertiary/aromatic N) is 2. The molecule has 0 spiro atoms. The van der Waals surface area contributed by atoms with Crippen LogP contribution in [0.3, 0.4) is 0 Å². The van der Waals surface area contributed by atoms with E-state index in [2.05, 4.69) is 58.1 Å². The first-order valence-corrected chi connectivity index (χ1v) is 24.0. The van der Waals surface area contributed by atoms with Crippen molar-refractivity contribution >= 4 is 62.9 Å². The minimum atomic E-state index is -0.677. The Kier molecular flexibility index (Phi) is 16.3. The van der Waals surface area contributed by atoms with Gasteiger partial charge in [0, 0.05) is 57.4 Å². The molecule has 0 saturated carbocycles. The molecule has 2 aromatic heterocycles. The van der Waals surface area contributed by atoms with Crippen molar-refractivity contribution in [2.45, 2.75) is 151 Å². The molecule has 65 heavy (non-hydrogen) atoms. The topological polar surface area (TPSA) is 147 Å². The highest BCUT2D eigenvalue weighted by atomic mass is 16.5. The van der Waals surface area contributed by atoms with Crippen LogP contribution in [0.1, 0.15) is 195 Å². The maximum absolute atomic E-state index is 13.6. The van der Waals surface area contributed by atoms with Gasteiger partial charge in [0.05, 0.1) is 35.4 Å². The second kappa shape index (κ2) is 21.7. The lowest BCUT2D eigenvalue weighted by atomic mass is 9.85. The molecule has 0 saturated heterocycles. The molecule has 10 heteroatoms. The molecule has 0 amide bonds. The second-order valence-corrected chi connectivity index (χ2v) is 19.3. The average Bonchev–Trinajstić information content (AvgIpc) is 4.02. The molecule has 2 aromatic rings. The number of carbonyl (C=O) groups is 3. The Labute approximate surface area is 386 Å². The Balaban J connectivity index is 1.25. The number of allylic oxidation sites excluding steroid dienone is 6. The van der Waals surface area contributed by atoms with Crippen LogP contribution < -0.4 is 0 Å². The summed E-state index contributed by atoms with van der Waals surface area (Å²) in [5, 5.41) is 11.9. The van der Waals surface area contributed by atoms with E-state index in [0.29, 0.717) is 80.5 Å². The Hall–Kier alpha value is -5.51. The van der Waals surface area contributed by atoms with Crippen LogP contribution in [-0.2, 0) is 23.9 Å². The van der Waals surface area contributed by atoms with Crippen LogP contribution in [0.4, 0.5) is 0 Å². The smallest absolute Gasteiger partial charge is 0.342 e. The molecule has 0 aromatic carbocycles. The Morgan fingerprint density at radius 1 is 0.877 bits per heavy atom. The van der Waals surface area contributed by atoms with E-state index in [0.717, 1.165) is 53.4 Å². The lowest BCUT2D eigenvalue weighted by Gasteiger charge is -2.18. The molecule has 3 N–H and O–H groups in total. The summed E-state index contributed by atoms with van der Waals surface area (Å²) in [4.78, 5) is 56.8. The third-order valence-electron chi connectivity index (χ3n) is 14.1. The lowest BCUT2D eigenvalue weighted by molar-refractivity contribution is -0.142. The Morgan fingerprint density at radius 2 is 1.54 bits per heavy atom. The number of aliphatic hydroxyl groups excluding tert-OH is 1. The number of ether oxygens (including phenoxy) is 2. The highest BCUT2D eigenvalue weighted by molar-refractivity contribution is 6.30. The molecule has 348 valence electrons. The van der Waals surface area contributed by atoms with E-state index < -0.39 is 5.97 Å². The SMILES string of the molecule is C=CC1=C(C)c2cc3[nH]c(c4c5[nH]c(cc6nc(cc1n2)C(C=O)=C6CC)c(C)c5C(O)=C4C(=O)OC)[C@@H](CCC(=O)OC/C=C(\C)CCC[C@H](C)CCC[C@H](C)CCCC(C)C)[C@@H]3C. The highest BCUT2D eigenvalue weighted by Crippen LogP contribution is 2.49. The summed E-state index contributed by atoms with van der Waals surface area (Å²) in [6.45, 7) is 23.8. The van der Waals surface area contributed by atoms with E-state index in [1.54, 1.807) is 6.08 Å². The van der Waals surface area contributed by atoms with Crippen LogP contribution in [0.5, 0.6) is 0 Å². The van der Waals surface area contributed by atoms with Gasteiger partial charge in [-0.05, 0) is 105 Å². The number of rotatable bonds is 21. The monoisotopic (exact) mass is 885 g/mol. The zero-order valence-electron chi connectivity index (χ0n) is 40.6. The quantitative estimate of drug-likeness (QED) is 0.0638. The number of hydrogen-bond acceptors (Lipinski definition) is 8. The number of carbonyl (C=O) groups excluding carboxylic acids is 3. The maximum atomic E-state index is 13.6. The van der Waals surface area contributed by atoms with Crippen molar-refractivity contribution in [1.29, 1.82) is 0 Å². The molecule has 5 heterocycles. The van der Waals surface area contributed by atoms with Crippen LogP contribution in [0.2, 0.25) is 0 Å². The molecule has 6 rings (SSSR count). The fourth-order valence-corrected chi connectivity index (χ4v) is 10.1. The van der Waals surface area contributed by atoms with Gasteiger partial charge >= 0.3 is 11.9 Å². The first-order chi connectivity index (χ1) is 31.1. The van der Waals surface area contributed by atoms with Crippen LogP contribution in [-0.4, -0.2) is 57.0 Å². The van der Waals surface area contributed by atoms with Gasteiger partial charge in [0.25, 0.3) is 0 Å². The number of methoxy groups -OCH3 is 1. The van der Waals surface area contributed by atoms with Crippen molar-refractivity contribution in [3.8, 4) is 0 Å². The number of fused-ring (bicyclic) bond motifs is 8. The third-order valence-corrected chi connectivity index (χ3v) is 14.1. The summed E-state index contributed by atoms with van der Waals surface area (Å²) in [5.74, 6) is 0.721. The molecule has 0 fully saturated rings. The van der Waals surface area contributed by atoms with Crippen molar-refractivity contribution in [3.63, 3.8) is 0 Å². The molecule has 1 aliphatic carbocycles. The zero-order valence-corrected chi connectivity index (χ0v) is 40.6. The minimum Gasteiger partial charge on any atom is -0.506 e. The van der Waals surface area contributed by atoms with Crippen molar-refractivity contribution in [3.05, 3.63) is 93.4 Å². The van der Waals surface area contributed by atoms with Crippen molar-refractivity contribution in [2.75, 3.05) is 13.7 Å². The average molecular weight is 885 g/mol. The molecule has 8 bridgehead atoms. The van der Waals surface area contributed by atoms with E-state index in [1.807, 2.05) is 45.0 Å². The zero-order chi connectivity index (χ0) is 47.1. The third kappa shape index (κ3) is 10.8. The van der Waals surface area contributed by atoms with Crippen molar-refractivity contribution in [1.82, 2.24) is 19.9 Å². The summed E-state index contributed by atoms with van der Waals surface area (Å²) < 4.78 is 11.1. The van der Waals surface area contributed by atoms with Crippen LogP contribution in [0, 0.1) is 24.7 Å². The summed E-state index contributed by atoms with van der Waals surface area (Å²) >= 11 is 0. The summed E-state index contributed by atoms with van der Waals surface area (Å²) in [5.41, 5.74) is 11.2. The van der Waals surface area contributed by atoms with Gasteiger partial charge in [-0.1, -0.05) is 105 Å². The number of esters is 2. The van der Waals surface area contributed by atoms with Gasteiger partial charge in [-0.2, -0.15) is 0 Å². The van der Waals surface area contributed by atoms with Gasteiger partial charge in [0.1, 0.15) is 17.9 Å². The van der Waals surface area contributed by atoms with Gasteiger partial charge in [-0.15, -0.1) is 0 Å². The van der Waals surface area contributed by atoms with Gasteiger partial charge in [-0.3, -0.25) is 9.59 Å². The summed E-state index contributed by atoms with van der Waals surface area (Å²) in [6.07, 6.45) is 17.0. The Bertz CT molecular complexity index is 2510. The van der Waals surface area contributed by atoms with Crippen molar-refractivity contribution < 1.29 is 29.0 Å². The van der Waals surface area contributed by atoms with Crippen LogP contribution >= 0.6 is 0 Å². The molecule has 0 radical (unpaired) electrons. The number of H-pyrrole nitrogens is 2. The first kappa shape index (κ1) is 48.9. The summed E-state index contributed by atoms with van der Waals surface area (Å²) in [7, 11) is 1.30. The normalized spacial score (nSPS) is 17.5. The van der Waals surface area contributed by atoms with E-state index in [9.17, 15) is 19.5 Å². The number of aldehydes is 1. The molecule has 10 nitrogen and oxygen atoms in total. The van der Waals surface area contributed by atoms with Gasteiger partial charge in [0.2, 0.25) is 0 Å². The van der Waals surface area contributed by atoms with E-state index in [-0.39, 0.29) is 42.2 Å². The predicted molar refractivity (Wildman–Crippen MR) is 264 cm³/mol. The van der Waals surface area contributed by atoms with Gasteiger partial charge in [-0.25, -0.2) is 14.8 Å². The van der Waals surface area contributed by atoms with E-state index in [4.69, 9.17) is 19.4 Å². The molecule has 3 aliphatic heterocycles. The Morgan fingerprint density at radius 3 is 2.18 bits per heavy atom. The number of aliphatic hydroxyl groups is 1. The number of aromatic amines is 2. The minimum absolute atomic E-state index is 0.0461. The summed E-state index contributed by atoms with van der Waals surface area (Å²) in [6, 6.07) is 5.73. The van der Waals surface area contributed by atoms with Gasteiger partial charge in [0.15, 0.2) is 6.29 Å². The number of hydrogen-bond donors (Lipinski definition) is 3. The van der Waals surface area contributed by atoms with Crippen LogP contribution in [0.15, 0.2) is 42.5 Å². The second-order valence-electron chi connectivity index (χ2n) is 19.3. The fraction of sp³-hybridized carbons (Fsp3) is 0.509. The standard InChI is InChI=1S/C55H72N4O6/c1-12-38-35(8)42-27-43-36(9)40(23-24-48(61)65-26-25-34(7)22-16-21-33(6)20-15-19-32(5)18-14-17-31(3)4)52(58-43)50-51(55(63)64-11)54(62)49-37(10)44(59-53(49)50)28-46-39(13-2)41(30-60)47(57-46)29-45(38)56-42/h12,25,27-33,36,40,58-59,62H,1,13-24,26H2,2-11H3/b34-25+,43-27?,45-29?,46-28?,52-50?/t32-,33-,36+,40+/m1/s1. The first-order valence-electron chi connectivity index (χ1n) is 24.0.